The van der Waals surface area contributed by atoms with E-state index in [4.69, 9.17) is 4.42 Å². The summed E-state index contributed by atoms with van der Waals surface area (Å²) in [6.07, 6.45) is 4.02. The van der Waals surface area contributed by atoms with Gasteiger partial charge in [0, 0.05) is 12.1 Å². The molecular formula is C18H32N2O. The highest BCUT2D eigenvalue weighted by molar-refractivity contribution is 5.20. The molecule has 21 heavy (non-hydrogen) atoms. The molecule has 0 spiro atoms. The highest BCUT2D eigenvalue weighted by atomic mass is 16.3. The van der Waals surface area contributed by atoms with Crippen molar-refractivity contribution in [3.8, 4) is 0 Å². The van der Waals surface area contributed by atoms with Crippen LogP contribution in [0.3, 0.4) is 0 Å². The number of likely N-dealkylation sites (tertiary alicyclic amines) is 1. The van der Waals surface area contributed by atoms with E-state index in [9.17, 15) is 0 Å². The monoisotopic (exact) mass is 292 g/mol. The predicted octanol–water partition coefficient (Wildman–Crippen LogP) is 3.96. The first kappa shape index (κ1) is 16.6. The van der Waals surface area contributed by atoms with E-state index in [1.54, 1.807) is 0 Å². The average molecular weight is 292 g/mol. The number of rotatable bonds is 4. The van der Waals surface area contributed by atoms with Gasteiger partial charge >= 0.3 is 0 Å². The second-order valence-corrected chi connectivity index (χ2v) is 7.59. The minimum absolute atomic E-state index is 0.446. The van der Waals surface area contributed by atoms with Gasteiger partial charge in [-0.15, -0.1) is 0 Å². The molecule has 1 saturated heterocycles. The van der Waals surface area contributed by atoms with Gasteiger partial charge in [-0.05, 0) is 63.7 Å². The molecular weight excluding hydrogens is 260 g/mol. The summed E-state index contributed by atoms with van der Waals surface area (Å²) >= 11 is 0. The first-order valence-corrected chi connectivity index (χ1v) is 8.35. The normalized spacial score (nSPS) is 21.5. The second kappa shape index (κ2) is 6.97. The van der Waals surface area contributed by atoms with Crippen molar-refractivity contribution >= 4 is 0 Å². The van der Waals surface area contributed by atoms with Crippen LogP contribution in [-0.2, 0) is 13.1 Å². The van der Waals surface area contributed by atoms with Crippen LogP contribution >= 0.6 is 0 Å². The van der Waals surface area contributed by atoms with Gasteiger partial charge in [0.05, 0.1) is 6.54 Å². The predicted molar refractivity (Wildman–Crippen MR) is 88.3 cm³/mol. The van der Waals surface area contributed by atoms with E-state index >= 15 is 0 Å². The molecule has 0 saturated carbocycles. The molecule has 120 valence electrons. The van der Waals surface area contributed by atoms with E-state index in [-0.39, 0.29) is 0 Å². The largest absolute Gasteiger partial charge is 0.465 e. The van der Waals surface area contributed by atoms with E-state index in [2.05, 4.69) is 44.0 Å². The molecule has 2 heterocycles. The van der Waals surface area contributed by atoms with Crippen LogP contribution in [0.25, 0.3) is 0 Å². The molecule has 2 rings (SSSR count). The lowest BCUT2D eigenvalue weighted by atomic mass is 9.77. The molecule has 0 aliphatic carbocycles. The van der Waals surface area contributed by atoms with E-state index < -0.39 is 0 Å². The quantitative estimate of drug-likeness (QED) is 0.910. The summed E-state index contributed by atoms with van der Waals surface area (Å²) in [5, 5.41) is 3.15. The molecule has 0 bridgehead atoms. The van der Waals surface area contributed by atoms with Gasteiger partial charge in [-0.25, -0.2) is 0 Å². The van der Waals surface area contributed by atoms with E-state index in [1.165, 1.54) is 37.9 Å². The maximum absolute atomic E-state index is 5.81. The van der Waals surface area contributed by atoms with Crippen LogP contribution in [0, 0.1) is 18.3 Å². The summed E-state index contributed by atoms with van der Waals surface area (Å²) in [5.74, 6) is 2.98. The zero-order chi connectivity index (χ0) is 15.5. The average Bonchev–Trinajstić information content (AvgIpc) is 2.61. The third-order valence-electron chi connectivity index (χ3n) is 4.86. The number of hydrogen-bond acceptors (Lipinski definition) is 3. The lowest BCUT2D eigenvalue weighted by Gasteiger charge is -2.29. The Morgan fingerprint density at radius 2 is 2.05 bits per heavy atom. The molecule has 0 amide bonds. The van der Waals surface area contributed by atoms with Gasteiger partial charge in [0.2, 0.25) is 0 Å². The van der Waals surface area contributed by atoms with Crippen LogP contribution in [0.2, 0.25) is 0 Å². The van der Waals surface area contributed by atoms with Crippen molar-refractivity contribution in [3.63, 3.8) is 0 Å². The molecule has 1 aliphatic heterocycles. The van der Waals surface area contributed by atoms with Crippen LogP contribution in [-0.4, -0.2) is 25.0 Å². The van der Waals surface area contributed by atoms with Crippen LogP contribution in [0.1, 0.15) is 57.1 Å². The van der Waals surface area contributed by atoms with Gasteiger partial charge in [0.15, 0.2) is 0 Å². The van der Waals surface area contributed by atoms with Crippen LogP contribution in [0.4, 0.5) is 0 Å². The summed E-state index contributed by atoms with van der Waals surface area (Å²) in [6.45, 7) is 13.5. The van der Waals surface area contributed by atoms with Crippen molar-refractivity contribution < 1.29 is 4.42 Å². The Hall–Kier alpha value is -0.800. The van der Waals surface area contributed by atoms with E-state index in [0.29, 0.717) is 5.41 Å². The Bertz CT molecular complexity index is 445. The van der Waals surface area contributed by atoms with E-state index in [1.807, 2.05) is 7.05 Å². The lowest BCUT2D eigenvalue weighted by molar-refractivity contribution is 0.206. The zero-order valence-electron chi connectivity index (χ0n) is 14.5. The van der Waals surface area contributed by atoms with Crippen molar-refractivity contribution in [1.82, 2.24) is 10.2 Å². The Morgan fingerprint density at radius 3 is 2.71 bits per heavy atom. The molecule has 3 nitrogen and oxygen atoms in total. The lowest BCUT2D eigenvalue weighted by Crippen LogP contribution is -2.26. The summed E-state index contributed by atoms with van der Waals surface area (Å²) in [5.41, 5.74) is 1.80. The van der Waals surface area contributed by atoms with Crippen molar-refractivity contribution in [1.29, 1.82) is 0 Å². The molecule has 1 N–H and O–H groups in total. The standard InChI is InChI=1S/C18H32N2O/c1-14-15(11-17(21-14)12-19-5)13-20-9-6-7-16(8-10-20)18(2,3)4/h11,16,19H,6-10,12-13H2,1-5H3. The number of furan rings is 1. The molecule has 0 radical (unpaired) electrons. The number of hydrogen-bond donors (Lipinski definition) is 1. The van der Waals surface area contributed by atoms with Crippen molar-refractivity contribution in [3.05, 3.63) is 23.2 Å². The number of nitrogens with zero attached hydrogens (tertiary/aromatic N) is 1. The van der Waals surface area contributed by atoms with Gasteiger partial charge < -0.3 is 9.73 Å². The molecule has 1 atom stereocenters. The maximum Gasteiger partial charge on any atom is 0.118 e. The minimum atomic E-state index is 0.446. The minimum Gasteiger partial charge on any atom is -0.465 e. The molecule has 1 aliphatic rings. The van der Waals surface area contributed by atoms with Gasteiger partial charge in [0.25, 0.3) is 0 Å². The summed E-state index contributed by atoms with van der Waals surface area (Å²) < 4.78 is 5.81. The van der Waals surface area contributed by atoms with Crippen LogP contribution < -0.4 is 5.32 Å². The van der Waals surface area contributed by atoms with Gasteiger partial charge in [-0.2, -0.15) is 0 Å². The molecule has 1 aromatic rings. The van der Waals surface area contributed by atoms with Crippen molar-refractivity contribution in [2.75, 3.05) is 20.1 Å². The fourth-order valence-corrected chi connectivity index (χ4v) is 3.43. The second-order valence-electron chi connectivity index (χ2n) is 7.59. The number of aryl methyl sites for hydroxylation is 1. The third-order valence-corrected chi connectivity index (χ3v) is 4.86. The first-order valence-electron chi connectivity index (χ1n) is 8.35. The molecule has 0 aromatic carbocycles. The SMILES string of the molecule is CNCc1cc(CN2CCCC(C(C)(C)C)CC2)c(C)o1. The third kappa shape index (κ3) is 4.58. The summed E-state index contributed by atoms with van der Waals surface area (Å²) in [4.78, 5) is 2.60. The van der Waals surface area contributed by atoms with Gasteiger partial charge in [-0.1, -0.05) is 20.8 Å². The van der Waals surface area contributed by atoms with Crippen LogP contribution in [0.15, 0.2) is 10.5 Å². The molecule has 3 heteroatoms. The van der Waals surface area contributed by atoms with Gasteiger partial charge in [0.1, 0.15) is 11.5 Å². The van der Waals surface area contributed by atoms with Crippen LogP contribution in [0.5, 0.6) is 0 Å². The Kier molecular flexibility index (Phi) is 5.50. The number of nitrogens with one attached hydrogen (secondary N) is 1. The van der Waals surface area contributed by atoms with E-state index in [0.717, 1.165) is 30.5 Å². The van der Waals surface area contributed by atoms with Crippen molar-refractivity contribution in [2.24, 2.45) is 11.3 Å². The Balaban J connectivity index is 1.94. The highest BCUT2D eigenvalue weighted by Crippen LogP contribution is 2.34. The topological polar surface area (TPSA) is 28.4 Å². The Morgan fingerprint density at radius 1 is 1.29 bits per heavy atom. The smallest absolute Gasteiger partial charge is 0.118 e. The molecule has 1 aromatic heterocycles. The summed E-state index contributed by atoms with van der Waals surface area (Å²) in [6, 6.07) is 2.22. The highest BCUT2D eigenvalue weighted by Gasteiger charge is 2.27. The molecule has 1 unspecified atom stereocenters. The fourth-order valence-electron chi connectivity index (χ4n) is 3.43. The van der Waals surface area contributed by atoms with Gasteiger partial charge in [-0.3, -0.25) is 4.90 Å². The zero-order valence-corrected chi connectivity index (χ0v) is 14.5. The fraction of sp³-hybridized carbons (Fsp3) is 0.778. The summed E-state index contributed by atoms with van der Waals surface area (Å²) in [7, 11) is 1.96. The Labute approximate surface area is 130 Å². The first-order chi connectivity index (χ1) is 9.90. The molecule has 1 fully saturated rings. The van der Waals surface area contributed by atoms with Crippen molar-refractivity contribution in [2.45, 2.75) is 60.0 Å². The maximum atomic E-state index is 5.81.